The highest BCUT2D eigenvalue weighted by Crippen LogP contribution is 2.32. The second kappa shape index (κ2) is 6.54. The summed E-state index contributed by atoms with van der Waals surface area (Å²) in [6.07, 6.45) is 0. The first-order valence-corrected chi connectivity index (χ1v) is 6.44. The van der Waals surface area contributed by atoms with Crippen molar-refractivity contribution in [3.05, 3.63) is 59.2 Å². The van der Waals surface area contributed by atoms with Gasteiger partial charge in [-0.1, -0.05) is 12.1 Å². The van der Waals surface area contributed by atoms with Gasteiger partial charge < -0.3 is 14.8 Å². The van der Waals surface area contributed by atoms with E-state index in [9.17, 15) is 8.78 Å². The molecule has 1 atom stereocenters. The summed E-state index contributed by atoms with van der Waals surface area (Å²) in [6, 6.07) is 9.02. The minimum absolute atomic E-state index is 0.278. The molecule has 0 saturated carbocycles. The first-order valence-electron chi connectivity index (χ1n) is 6.44. The Hall–Kier alpha value is -2.14. The topological polar surface area (TPSA) is 30.5 Å². The van der Waals surface area contributed by atoms with Crippen LogP contribution in [-0.4, -0.2) is 21.3 Å². The second-order valence-electron chi connectivity index (χ2n) is 4.51. The van der Waals surface area contributed by atoms with Gasteiger partial charge in [0.05, 0.1) is 20.3 Å². The predicted molar refractivity (Wildman–Crippen MR) is 76.8 cm³/mol. The number of methoxy groups -OCH3 is 2. The molecule has 0 aromatic heterocycles. The zero-order valence-corrected chi connectivity index (χ0v) is 12.1. The average Bonchev–Trinajstić information content (AvgIpc) is 2.51. The fourth-order valence-electron chi connectivity index (χ4n) is 2.25. The molecule has 0 heterocycles. The average molecular weight is 293 g/mol. The largest absolute Gasteiger partial charge is 0.493 e. The van der Waals surface area contributed by atoms with E-state index in [4.69, 9.17) is 9.47 Å². The molecule has 2 aromatic carbocycles. The van der Waals surface area contributed by atoms with E-state index < -0.39 is 11.6 Å². The number of ether oxygens (including phenoxy) is 2. The van der Waals surface area contributed by atoms with E-state index in [1.807, 2.05) is 6.07 Å². The van der Waals surface area contributed by atoms with Crippen LogP contribution in [0.3, 0.4) is 0 Å². The summed E-state index contributed by atoms with van der Waals surface area (Å²) in [7, 11) is 4.86. The summed E-state index contributed by atoms with van der Waals surface area (Å²) in [4.78, 5) is 0. The molecule has 3 nitrogen and oxygen atoms in total. The molecule has 0 radical (unpaired) electrons. The number of rotatable bonds is 5. The van der Waals surface area contributed by atoms with E-state index in [1.54, 1.807) is 39.5 Å². The lowest BCUT2D eigenvalue weighted by Gasteiger charge is -2.19. The highest BCUT2D eigenvalue weighted by Gasteiger charge is 2.16. The quantitative estimate of drug-likeness (QED) is 0.917. The molecule has 2 aromatic rings. The maximum Gasteiger partial charge on any atom is 0.161 e. The summed E-state index contributed by atoms with van der Waals surface area (Å²) in [6.45, 7) is 0. The van der Waals surface area contributed by atoms with E-state index in [0.29, 0.717) is 17.1 Å². The first kappa shape index (κ1) is 15.3. The molecule has 0 bridgehead atoms. The van der Waals surface area contributed by atoms with Crippen LogP contribution in [0.15, 0.2) is 36.4 Å². The highest BCUT2D eigenvalue weighted by molar-refractivity contribution is 5.45. The molecule has 112 valence electrons. The van der Waals surface area contributed by atoms with E-state index in [0.717, 1.165) is 11.6 Å². The molecule has 0 spiro atoms. The molecule has 0 saturated heterocycles. The lowest BCUT2D eigenvalue weighted by atomic mass is 9.98. The van der Waals surface area contributed by atoms with Gasteiger partial charge in [-0.25, -0.2) is 8.78 Å². The molecule has 0 aliphatic heterocycles. The Labute approximate surface area is 122 Å². The van der Waals surface area contributed by atoms with Gasteiger partial charge in [0.25, 0.3) is 0 Å². The van der Waals surface area contributed by atoms with Crippen LogP contribution in [0.2, 0.25) is 0 Å². The minimum Gasteiger partial charge on any atom is -0.493 e. The minimum atomic E-state index is -0.867. The third kappa shape index (κ3) is 3.13. The Morgan fingerprint density at radius 2 is 1.48 bits per heavy atom. The van der Waals surface area contributed by atoms with Gasteiger partial charge in [0.2, 0.25) is 0 Å². The Morgan fingerprint density at radius 1 is 0.857 bits per heavy atom. The third-order valence-corrected chi connectivity index (χ3v) is 3.31. The summed E-state index contributed by atoms with van der Waals surface area (Å²) >= 11 is 0. The SMILES string of the molecule is CNC(c1ccc(F)c(F)c1)c1ccc(OC)c(OC)c1. The van der Waals surface area contributed by atoms with Gasteiger partial charge in [-0.15, -0.1) is 0 Å². The maximum atomic E-state index is 13.4. The van der Waals surface area contributed by atoms with Crippen molar-refractivity contribution in [2.75, 3.05) is 21.3 Å². The van der Waals surface area contributed by atoms with Crippen molar-refractivity contribution in [2.45, 2.75) is 6.04 Å². The standard InChI is InChI=1S/C16H17F2NO2/c1-19-16(10-4-6-12(17)13(18)8-10)11-5-7-14(20-2)15(9-11)21-3/h4-9,16,19H,1-3H3. The van der Waals surface area contributed by atoms with Crippen molar-refractivity contribution in [1.82, 2.24) is 5.32 Å². The van der Waals surface area contributed by atoms with Gasteiger partial charge in [-0.3, -0.25) is 0 Å². The zero-order valence-electron chi connectivity index (χ0n) is 12.1. The summed E-state index contributed by atoms with van der Waals surface area (Å²) in [5, 5.41) is 3.08. The van der Waals surface area contributed by atoms with Crippen LogP contribution in [0, 0.1) is 11.6 Å². The van der Waals surface area contributed by atoms with Crippen molar-refractivity contribution >= 4 is 0 Å². The Bertz CT molecular complexity index is 632. The fraction of sp³-hybridized carbons (Fsp3) is 0.250. The normalized spacial score (nSPS) is 12.0. The van der Waals surface area contributed by atoms with Crippen LogP contribution < -0.4 is 14.8 Å². The summed E-state index contributed by atoms with van der Waals surface area (Å²) < 4.78 is 36.9. The van der Waals surface area contributed by atoms with Crippen molar-refractivity contribution in [3.8, 4) is 11.5 Å². The zero-order chi connectivity index (χ0) is 15.4. The van der Waals surface area contributed by atoms with Crippen LogP contribution in [-0.2, 0) is 0 Å². The molecule has 0 aliphatic rings. The van der Waals surface area contributed by atoms with Gasteiger partial charge >= 0.3 is 0 Å². The van der Waals surface area contributed by atoms with Crippen LogP contribution in [0.5, 0.6) is 11.5 Å². The molecule has 1 unspecified atom stereocenters. The van der Waals surface area contributed by atoms with Crippen molar-refractivity contribution in [1.29, 1.82) is 0 Å². The van der Waals surface area contributed by atoms with Crippen LogP contribution >= 0.6 is 0 Å². The third-order valence-electron chi connectivity index (χ3n) is 3.31. The molecule has 0 aliphatic carbocycles. The van der Waals surface area contributed by atoms with Gasteiger partial charge in [-0.05, 0) is 42.4 Å². The number of nitrogens with one attached hydrogen (secondary N) is 1. The van der Waals surface area contributed by atoms with Crippen molar-refractivity contribution < 1.29 is 18.3 Å². The molecular weight excluding hydrogens is 276 g/mol. The Morgan fingerprint density at radius 3 is 2.05 bits per heavy atom. The first-order chi connectivity index (χ1) is 10.1. The van der Waals surface area contributed by atoms with Gasteiger partial charge in [0.15, 0.2) is 23.1 Å². The lowest BCUT2D eigenvalue weighted by Crippen LogP contribution is -2.18. The number of hydrogen-bond donors (Lipinski definition) is 1. The van der Waals surface area contributed by atoms with Gasteiger partial charge in [-0.2, -0.15) is 0 Å². The second-order valence-corrected chi connectivity index (χ2v) is 4.51. The smallest absolute Gasteiger partial charge is 0.161 e. The van der Waals surface area contributed by atoms with Crippen molar-refractivity contribution in [3.63, 3.8) is 0 Å². The van der Waals surface area contributed by atoms with E-state index >= 15 is 0 Å². The number of benzene rings is 2. The maximum absolute atomic E-state index is 13.4. The van der Waals surface area contributed by atoms with E-state index in [1.165, 1.54) is 6.07 Å². The molecule has 2 rings (SSSR count). The molecular formula is C16H17F2NO2. The predicted octanol–water partition coefficient (Wildman–Crippen LogP) is 3.29. The molecule has 1 N–H and O–H groups in total. The summed E-state index contributed by atoms with van der Waals surface area (Å²) in [5.74, 6) is -0.534. The Balaban J connectivity index is 2.43. The van der Waals surface area contributed by atoms with Crippen LogP contribution in [0.25, 0.3) is 0 Å². The molecule has 0 amide bonds. The lowest BCUT2D eigenvalue weighted by molar-refractivity contribution is 0.354. The highest BCUT2D eigenvalue weighted by atomic mass is 19.2. The monoisotopic (exact) mass is 293 g/mol. The van der Waals surface area contributed by atoms with Gasteiger partial charge in [0.1, 0.15) is 0 Å². The van der Waals surface area contributed by atoms with Crippen molar-refractivity contribution in [2.24, 2.45) is 0 Å². The van der Waals surface area contributed by atoms with E-state index in [2.05, 4.69) is 5.32 Å². The van der Waals surface area contributed by atoms with E-state index in [-0.39, 0.29) is 6.04 Å². The number of halogens is 2. The molecule has 0 fully saturated rings. The number of hydrogen-bond acceptors (Lipinski definition) is 3. The van der Waals surface area contributed by atoms with Gasteiger partial charge in [0, 0.05) is 0 Å². The summed E-state index contributed by atoms with van der Waals surface area (Å²) in [5.41, 5.74) is 1.49. The van der Waals surface area contributed by atoms with Crippen LogP contribution in [0.1, 0.15) is 17.2 Å². The molecule has 5 heteroatoms. The Kier molecular flexibility index (Phi) is 4.75. The van der Waals surface area contributed by atoms with Crippen LogP contribution in [0.4, 0.5) is 8.78 Å². The molecule has 21 heavy (non-hydrogen) atoms. The fourth-order valence-corrected chi connectivity index (χ4v) is 2.25.